The molecule has 3 rings (SSSR count). The van der Waals surface area contributed by atoms with Crippen molar-refractivity contribution < 1.29 is 4.79 Å². The maximum atomic E-state index is 11.9. The summed E-state index contributed by atoms with van der Waals surface area (Å²) in [5.41, 5.74) is 2.69. The molecule has 4 nitrogen and oxygen atoms in total. The maximum Gasteiger partial charge on any atom is 0.275 e. The number of aromatic nitrogens is 1. The van der Waals surface area contributed by atoms with Crippen LogP contribution in [-0.2, 0) is 4.79 Å². The summed E-state index contributed by atoms with van der Waals surface area (Å²) in [7, 11) is 0. The Bertz CT molecular complexity index is 664. The minimum absolute atomic E-state index is 0.239. The number of hydrogen-bond donors (Lipinski definition) is 1. The first-order valence-corrected chi connectivity index (χ1v) is 6.51. The Balaban J connectivity index is 2.21. The Kier molecular flexibility index (Phi) is 2.65. The van der Waals surface area contributed by atoms with E-state index in [0.29, 0.717) is 21.4 Å². The van der Waals surface area contributed by atoms with Crippen LogP contribution in [0.5, 0.6) is 0 Å². The molecule has 1 aromatic heterocycles. The van der Waals surface area contributed by atoms with Gasteiger partial charge in [0.05, 0.1) is 10.7 Å². The molecule has 18 heavy (non-hydrogen) atoms. The molecule has 1 aliphatic heterocycles. The number of rotatable bonds is 1. The predicted molar refractivity (Wildman–Crippen MR) is 73.1 cm³/mol. The van der Waals surface area contributed by atoms with Gasteiger partial charge in [-0.2, -0.15) is 0 Å². The molecule has 6 heteroatoms. The van der Waals surface area contributed by atoms with Crippen LogP contribution in [-0.4, -0.2) is 16.6 Å². The van der Waals surface area contributed by atoms with Gasteiger partial charge in [-0.15, -0.1) is 11.3 Å². The summed E-state index contributed by atoms with van der Waals surface area (Å²) in [5, 5.41) is 5.67. The monoisotopic (exact) mass is 277 g/mol. The highest BCUT2D eigenvalue weighted by Gasteiger charge is 2.29. The highest BCUT2D eigenvalue weighted by atomic mass is 35.5. The average molecular weight is 278 g/mol. The van der Waals surface area contributed by atoms with Crippen LogP contribution in [0.4, 0.5) is 10.8 Å². The Labute approximate surface area is 112 Å². The first kappa shape index (κ1) is 11.4. The fraction of sp³-hybridized carbons (Fsp3) is 0.0833. The van der Waals surface area contributed by atoms with Crippen LogP contribution in [0.15, 0.2) is 28.7 Å². The Hall–Kier alpha value is -1.72. The molecule has 0 bridgehead atoms. The number of thiazole rings is 1. The lowest BCUT2D eigenvalue weighted by molar-refractivity contribution is -0.110. The van der Waals surface area contributed by atoms with Crippen molar-refractivity contribution in [2.24, 2.45) is 4.99 Å². The van der Waals surface area contributed by atoms with Crippen LogP contribution < -0.4 is 5.32 Å². The van der Waals surface area contributed by atoms with Gasteiger partial charge in [-0.25, -0.2) is 9.98 Å². The van der Waals surface area contributed by atoms with Crippen molar-refractivity contribution >= 4 is 45.4 Å². The van der Waals surface area contributed by atoms with Gasteiger partial charge in [-0.05, 0) is 18.6 Å². The van der Waals surface area contributed by atoms with Crippen molar-refractivity contribution in [2.45, 2.75) is 6.92 Å². The molecule has 0 aliphatic carbocycles. The molecule has 0 radical (unpaired) electrons. The van der Waals surface area contributed by atoms with Crippen LogP contribution >= 0.6 is 22.9 Å². The van der Waals surface area contributed by atoms with Crippen LogP contribution in [0, 0.1) is 6.92 Å². The molecular formula is C12H8ClN3OS. The third kappa shape index (κ3) is 1.72. The van der Waals surface area contributed by atoms with E-state index in [0.717, 1.165) is 11.3 Å². The van der Waals surface area contributed by atoms with E-state index in [1.807, 2.05) is 18.4 Å². The van der Waals surface area contributed by atoms with Crippen molar-refractivity contribution in [1.82, 2.24) is 4.98 Å². The number of fused-ring (bicyclic) bond motifs is 1. The van der Waals surface area contributed by atoms with Gasteiger partial charge in [-0.3, -0.25) is 4.79 Å². The topological polar surface area (TPSA) is 54.4 Å². The molecule has 0 saturated carbocycles. The lowest BCUT2D eigenvalue weighted by Gasteiger charge is -2.03. The van der Waals surface area contributed by atoms with E-state index < -0.39 is 0 Å². The molecule has 2 aromatic rings. The van der Waals surface area contributed by atoms with Gasteiger partial charge in [0, 0.05) is 17.1 Å². The fourth-order valence-electron chi connectivity index (χ4n) is 1.83. The number of halogens is 1. The molecule has 1 N–H and O–H groups in total. The zero-order valence-corrected chi connectivity index (χ0v) is 11.0. The van der Waals surface area contributed by atoms with E-state index in [1.165, 1.54) is 11.3 Å². The predicted octanol–water partition coefficient (Wildman–Crippen LogP) is 3.18. The molecule has 2 heterocycles. The minimum atomic E-state index is -0.239. The van der Waals surface area contributed by atoms with Crippen LogP contribution in [0.3, 0.4) is 0 Å². The molecule has 1 aromatic carbocycles. The van der Waals surface area contributed by atoms with Crippen molar-refractivity contribution in [2.75, 3.05) is 5.32 Å². The first-order chi connectivity index (χ1) is 8.66. The number of benzene rings is 1. The fourth-order valence-corrected chi connectivity index (χ4v) is 2.59. The van der Waals surface area contributed by atoms with Gasteiger partial charge in [0.2, 0.25) is 5.13 Å². The van der Waals surface area contributed by atoms with Gasteiger partial charge < -0.3 is 5.32 Å². The number of carbonyl (C=O) groups is 1. The molecule has 0 spiro atoms. The molecule has 0 atom stereocenters. The largest absolute Gasteiger partial charge is 0.320 e. The second-order valence-corrected chi connectivity index (χ2v) is 5.12. The van der Waals surface area contributed by atoms with E-state index in [-0.39, 0.29) is 5.91 Å². The first-order valence-electron chi connectivity index (χ1n) is 5.26. The normalized spacial score (nSPS) is 15.9. The summed E-state index contributed by atoms with van der Waals surface area (Å²) in [6, 6.07) is 3.64. The summed E-state index contributed by atoms with van der Waals surface area (Å²) in [6.45, 7) is 1.92. The van der Waals surface area contributed by atoms with Gasteiger partial charge in [0.25, 0.3) is 5.91 Å². The van der Waals surface area contributed by atoms with Crippen LogP contribution in [0.25, 0.3) is 0 Å². The van der Waals surface area contributed by atoms with Gasteiger partial charge in [0.15, 0.2) is 0 Å². The molecule has 1 aliphatic rings. The number of nitrogens with one attached hydrogen (secondary N) is 1. The zero-order chi connectivity index (χ0) is 12.7. The smallest absolute Gasteiger partial charge is 0.275 e. The van der Waals surface area contributed by atoms with Crippen LogP contribution in [0.2, 0.25) is 5.02 Å². The van der Waals surface area contributed by atoms with Crippen molar-refractivity contribution in [1.29, 1.82) is 0 Å². The number of hydrogen-bond acceptors (Lipinski definition) is 4. The Morgan fingerprint density at radius 2 is 2.28 bits per heavy atom. The average Bonchev–Trinajstić information content (AvgIpc) is 2.95. The SMILES string of the molecule is Cc1ccc(Cl)c2c1NC(=O)/C2=N/c1nccs1. The lowest BCUT2D eigenvalue weighted by Crippen LogP contribution is -2.14. The van der Waals surface area contributed by atoms with E-state index in [4.69, 9.17) is 11.6 Å². The van der Waals surface area contributed by atoms with E-state index in [1.54, 1.807) is 12.3 Å². The van der Waals surface area contributed by atoms with Gasteiger partial charge >= 0.3 is 0 Å². The summed E-state index contributed by atoms with van der Waals surface area (Å²) in [5.74, 6) is -0.239. The summed E-state index contributed by atoms with van der Waals surface area (Å²) in [4.78, 5) is 20.3. The molecule has 0 fully saturated rings. The third-order valence-electron chi connectivity index (χ3n) is 2.68. The summed E-state index contributed by atoms with van der Waals surface area (Å²) in [6.07, 6.45) is 1.65. The molecule has 90 valence electrons. The third-order valence-corrected chi connectivity index (χ3v) is 3.66. The van der Waals surface area contributed by atoms with Crippen molar-refractivity contribution in [3.8, 4) is 0 Å². The standard InChI is InChI=1S/C12H8ClN3OS/c1-6-2-3-7(13)8-9(6)15-11(17)10(8)16-12-14-4-5-18-12/h2-5H,1H3,(H,14,15,16,17). The van der Waals surface area contributed by atoms with Gasteiger partial charge in [0.1, 0.15) is 5.71 Å². The highest BCUT2D eigenvalue weighted by molar-refractivity contribution is 7.13. The molecule has 1 amide bonds. The lowest BCUT2D eigenvalue weighted by atomic mass is 10.1. The van der Waals surface area contributed by atoms with E-state index >= 15 is 0 Å². The number of amides is 1. The van der Waals surface area contributed by atoms with E-state index in [2.05, 4.69) is 15.3 Å². The summed E-state index contributed by atoms with van der Waals surface area (Å²) >= 11 is 7.53. The molecule has 0 saturated heterocycles. The zero-order valence-electron chi connectivity index (χ0n) is 9.40. The van der Waals surface area contributed by atoms with E-state index in [9.17, 15) is 4.79 Å². The number of anilines is 1. The second kappa shape index (κ2) is 4.19. The second-order valence-electron chi connectivity index (χ2n) is 3.84. The highest BCUT2D eigenvalue weighted by Crippen LogP contribution is 2.34. The van der Waals surface area contributed by atoms with Crippen molar-refractivity contribution in [3.05, 3.63) is 39.9 Å². The molecular weight excluding hydrogens is 270 g/mol. The number of carbonyl (C=O) groups excluding carboxylic acids is 1. The quantitative estimate of drug-likeness (QED) is 0.870. The maximum absolute atomic E-state index is 11.9. The van der Waals surface area contributed by atoms with Crippen molar-refractivity contribution in [3.63, 3.8) is 0 Å². The molecule has 0 unspecified atom stereocenters. The summed E-state index contributed by atoms with van der Waals surface area (Å²) < 4.78 is 0. The minimum Gasteiger partial charge on any atom is -0.320 e. The van der Waals surface area contributed by atoms with Gasteiger partial charge in [-0.1, -0.05) is 17.7 Å². The number of aryl methyl sites for hydroxylation is 1. The number of nitrogens with zero attached hydrogens (tertiary/aromatic N) is 2. The Morgan fingerprint density at radius 3 is 3.00 bits per heavy atom. The Morgan fingerprint density at radius 1 is 1.44 bits per heavy atom. The van der Waals surface area contributed by atoms with Crippen LogP contribution in [0.1, 0.15) is 11.1 Å². The number of aliphatic imine (C=N–C) groups is 1.